The highest BCUT2D eigenvalue weighted by molar-refractivity contribution is 6.36. The average molecular weight is 451 g/mol. The number of nitrogens with one attached hydrogen (secondary N) is 1. The zero-order valence-electron chi connectivity index (χ0n) is 16.3. The summed E-state index contributed by atoms with van der Waals surface area (Å²) in [6, 6.07) is 15.7. The highest BCUT2D eigenvalue weighted by Gasteiger charge is 2.15. The predicted molar refractivity (Wildman–Crippen MR) is 123 cm³/mol. The molecule has 0 atom stereocenters. The summed E-state index contributed by atoms with van der Waals surface area (Å²) < 4.78 is 0. The van der Waals surface area contributed by atoms with Gasteiger partial charge in [-0.25, -0.2) is 10.4 Å². The molecule has 8 heteroatoms. The first-order valence-electron chi connectivity index (χ1n) is 9.27. The van der Waals surface area contributed by atoms with Gasteiger partial charge in [-0.1, -0.05) is 41.4 Å². The molecule has 2 aromatic heterocycles. The van der Waals surface area contributed by atoms with Gasteiger partial charge in [-0.3, -0.25) is 9.78 Å². The minimum Gasteiger partial charge on any atom is -0.506 e. The van der Waals surface area contributed by atoms with Crippen LogP contribution in [0.5, 0.6) is 5.75 Å². The smallest absolute Gasteiger partial charge is 0.272 e. The van der Waals surface area contributed by atoms with Gasteiger partial charge in [0.05, 0.1) is 27.5 Å². The molecular formula is C23H16Cl2N4O2. The number of pyridine rings is 2. The van der Waals surface area contributed by atoms with Gasteiger partial charge in [0.15, 0.2) is 0 Å². The van der Waals surface area contributed by atoms with Crippen LogP contribution in [0.15, 0.2) is 72.1 Å². The standard InChI is InChI=1S/C23H16Cl2N4O2/c1-13(17-10-15(24)11-19(25)22(17)30)28-29-23(31)18-12-21(14-6-8-26-9-7-14)27-20-5-3-2-4-16(18)20/h2-12,30H,1H3,(H,29,31). The van der Waals surface area contributed by atoms with E-state index < -0.39 is 5.91 Å². The van der Waals surface area contributed by atoms with Crippen LogP contribution in [0.4, 0.5) is 0 Å². The number of halogens is 2. The second-order valence-electron chi connectivity index (χ2n) is 6.73. The fourth-order valence-corrected chi connectivity index (χ4v) is 3.62. The highest BCUT2D eigenvalue weighted by Crippen LogP contribution is 2.31. The van der Waals surface area contributed by atoms with Gasteiger partial charge in [-0.15, -0.1) is 0 Å². The van der Waals surface area contributed by atoms with Gasteiger partial charge >= 0.3 is 0 Å². The number of aromatic nitrogens is 2. The summed E-state index contributed by atoms with van der Waals surface area (Å²) in [6.45, 7) is 1.63. The lowest BCUT2D eigenvalue weighted by molar-refractivity contribution is 0.0956. The molecule has 6 nitrogen and oxygen atoms in total. The number of hydrazone groups is 1. The largest absolute Gasteiger partial charge is 0.506 e. The molecule has 0 saturated heterocycles. The van der Waals surface area contributed by atoms with Crippen molar-refractivity contribution < 1.29 is 9.90 Å². The molecule has 0 aliphatic carbocycles. The number of aromatic hydroxyl groups is 1. The second-order valence-corrected chi connectivity index (χ2v) is 7.57. The van der Waals surface area contributed by atoms with Crippen molar-refractivity contribution in [2.75, 3.05) is 0 Å². The minimum atomic E-state index is -0.416. The quantitative estimate of drug-likeness (QED) is 0.319. The number of benzene rings is 2. The summed E-state index contributed by atoms with van der Waals surface area (Å²) in [5.74, 6) is -0.572. The summed E-state index contributed by atoms with van der Waals surface area (Å²) in [5, 5.41) is 15.5. The maximum atomic E-state index is 13.0. The van der Waals surface area contributed by atoms with Gasteiger partial charge in [-0.2, -0.15) is 5.10 Å². The molecule has 0 aliphatic rings. The van der Waals surface area contributed by atoms with E-state index >= 15 is 0 Å². The van der Waals surface area contributed by atoms with Crippen LogP contribution in [0.1, 0.15) is 22.8 Å². The molecule has 0 saturated carbocycles. The lowest BCUT2D eigenvalue weighted by Gasteiger charge is -2.10. The number of rotatable bonds is 4. The third-order valence-electron chi connectivity index (χ3n) is 4.68. The van der Waals surface area contributed by atoms with Crippen molar-refractivity contribution in [2.45, 2.75) is 6.92 Å². The van der Waals surface area contributed by atoms with Crippen LogP contribution >= 0.6 is 23.2 Å². The fraction of sp³-hybridized carbons (Fsp3) is 0.0435. The summed E-state index contributed by atoms with van der Waals surface area (Å²) >= 11 is 12.0. The zero-order chi connectivity index (χ0) is 22.0. The molecule has 0 bridgehead atoms. The maximum absolute atomic E-state index is 13.0. The summed E-state index contributed by atoms with van der Waals surface area (Å²) in [7, 11) is 0. The van der Waals surface area contributed by atoms with E-state index in [1.807, 2.05) is 36.4 Å². The van der Waals surface area contributed by atoms with Crippen LogP contribution < -0.4 is 5.43 Å². The summed E-state index contributed by atoms with van der Waals surface area (Å²) in [5.41, 5.74) is 5.81. The van der Waals surface area contributed by atoms with Gasteiger partial charge in [0.1, 0.15) is 5.75 Å². The molecule has 4 aromatic rings. The van der Waals surface area contributed by atoms with E-state index in [1.165, 1.54) is 12.1 Å². The number of fused-ring (bicyclic) bond motifs is 1. The van der Waals surface area contributed by atoms with Gasteiger partial charge in [-0.05, 0) is 43.3 Å². The Morgan fingerprint density at radius 3 is 2.55 bits per heavy atom. The van der Waals surface area contributed by atoms with E-state index in [1.54, 1.807) is 25.4 Å². The summed E-state index contributed by atoms with van der Waals surface area (Å²) in [6.07, 6.45) is 3.34. The monoisotopic (exact) mass is 450 g/mol. The van der Waals surface area contributed by atoms with E-state index in [-0.39, 0.29) is 10.8 Å². The van der Waals surface area contributed by atoms with Crippen molar-refractivity contribution in [2.24, 2.45) is 5.10 Å². The van der Waals surface area contributed by atoms with Gasteiger partial charge in [0, 0.05) is 33.9 Å². The third-order valence-corrected chi connectivity index (χ3v) is 5.19. The molecule has 154 valence electrons. The Balaban J connectivity index is 1.72. The number of hydrogen-bond acceptors (Lipinski definition) is 5. The number of phenolic OH excluding ortho intramolecular Hbond substituents is 1. The van der Waals surface area contributed by atoms with Crippen molar-refractivity contribution in [3.63, 3.8) is 0 Å². The van der Waals surface area contributed by atoms with Crippen LogP contribution in [0.25, 0.3) is 22.2 Å². The topological polar surface area (TPSA) is 87.5 Å². The van der Waals surface area contributed by atoms with E-state index in [4.69, 9.17) is 23.2 Å². The number of carbonyl (C=O) groups excluding carboxylic acids is 1. The van der Waals surface area contributed by atoms with E-state index in [9.17, 15) is 9.90 Å². The molecule has 0 unspecified atom stereocenters. The third kappa shape index (κ3) is 4.35. The molecule has 0 spiro atoms. The van der Waals surface area contributed by atoms with Crippen LogP contribution in [-0.4, -0.2) is 26.7 Å². The van der Waals surface area contributed by atoms with Gasteiger partial charge in [0.25, 0.3) is 5.91 Å². The van der Waals surface area contributed by atoms with Gasteiger partial charge in [0.2, 0.25) is 0 Å². The Bertz CT molecular complexity index is 1320. The lowest BCUT2D eigenvalue weighted by Crippen LogP contribution is -2.20. The number of amides is 1. The number of hydrogen-bond donors (Lipinski definition) is 2. The molecule has 2 heterocycles. The molecular weight excluding hydrogens is 435 g/mol. The Labute approximate surface area is 188 Å². The predicted octanol–water partition coefficient (Wildman–Crippen LogP) is 5.46. The average Bonchev–Trinajstić information content (AvgIpc) is 2.79. The molecule has 2 aromatic carbocycles. The molecule has 2 N–H and O–H groups in total. The number of phenols is 1. The number of carbonyl (C=O) groups is 1. The van der Waals surface area contributed by atoms with Crippen molar-refractivity contribution in [3.8, 4) is 17.0 Å². The molecule has 31 heavy (non-hydrogen) atoms. The van der Waals surface area contributed by atoms with Crippen LogP contribution in [-0.2, 0) is 0 Å². The first-order chi connectivity index (χ1) is 14.9. The molecule has 4 rings (SSSR count). The molecule has 0 radical (unpaired) electrons. The molecule has 0 aliphatic heterocycles. The first kappa shape index (κ1) is 20.8. The van der Waals surface area contributed by atoms with Crippen molar-refractivity contribution in [1.82, 2.24) is 15.4 Å². The van der Waals surface area contributed by atoms with Crippen LogP contribution in [0, 0.1) is 0 Å². The molecule has 1 amide bonds. The number of nitrogens with zero attached hydrogens (tertiary/aromatic N) is 3. The fourth-order valence-electron chi connectivity index (χ4n) is 3.13. The highest BCUT2D eigenvalue weighted by atomic mass is 35.5. The van der Waals surface area contributed by atoms with Crippen molar-refractivity contribution in [3.05, 3.63) is 88.2 Å². The Morgan fingerprint density at radius 2 is 1.77 bits per heavy atom. The number of para-hydroxylation sites is 1. The first-order valence-corrected chi connectivity index (χ1v) is 10.0. The van der Waals surface area contributed by atoms with E-state index in [0.717, 1.165) is 5.56 Å². The van der Waals surface area contributed by atoms with Crippen LogP contribution in [0.3, 0.4) is 0 Å². The van der Waals surface area contributed by atoms with E-state index in [0.29, 0.717) is 38.5 Å². The Hall–Kier alpha value is -3.48. The van der Waals surface area contributed by atoms with E-state index in [2.05, 4.69) is 20.5 Å². The normalized spacial score (nSPS) is 11.5. The minimum absolute atomic E-state index is 0.102. The van der Waals surface area contributed by atoms with Crippen molar-refractivity contribution >= 4 is 45.7 Å². The van der Waals surface area contributed by atoms with Crippen LogP contribution in [0.2, 0.25) is 10.0 Å². The lowest BCUT2D eigenvalue weighted by atomic mass is 10.0. The molecule has 0 fully saturated rings. The zero-order valence-corrected chi connectivity index (χ0v) is 17.8. The van der Waals surface area contributed by atoms with Crippen molar-refractivity contribution in [1.29, 1.82) is 0 Å². The van der Waals surface area contributed by atoms with Gasteiger partial charge < -0.3 is 5.11 Å². The Kier molecular flexibility index (Phi) is 5.84. The Morgan fingerprint density at radius 1 is 1.03 bits per heavy atom. The second kappa shape index (κ2) is 8.71. The summed E-state index contributed by atoms with van der Waals surface area (Å²) in [4.78, 5) is 21.7. The maximum Gasteiger partial charge on any atom is 0.272 e. The SMILES string of the molecule is CC(=NNC(=O)c1cc(-c2ccncc2)nc2ccccc12)c1cc(Cl)cc(Cl)c1O.